The number of urea groups is 1. The number of hydrogen-bond donors (Lipinski definition) is 1. The lowest BCUT2D eigenvalue weighted by Gasteiger charge is -2.41. The Labute approximate surface area is 113 Å². The second-order valence-electron chi connectivity index (χ2n) is 5.45. The van der Waals surface area contributed by atoms with Crippen LogP contribution in [-0.2, 0) is 4.79 Å². The van der Waals surface area contributed by atoms with E-state index in [0.717, 1.165) is 25.4 Å². The maximum absolute atomic E-state index is 11.9. The third-order valence-corrected chi connectivity index (χ3v) is 4.37. The van der Waals surface area contributed by atoms with Crippen molar-refractivity contribution >= 4 is 23.5 Å². The molecule has 1 saturated heterocycles. The summed E-state index contributed by atoms with van der Waals surface area (Å²) in [5, 5.41) is 1.70. The fourth-order valence-electron chi connectivity index (χ4n) is 3.07. The molecule has 102 valence electrons. The van der Waals surface area contributed by atoms with Gasteiger partial charge in [-0.15, -0.1) is 11.6 Å². The third-order valence-electron chi connectivity index (χ3n) is 4.17. The fourth-order valence-corrected chi connectivity index (χ4v) is 3.12. The fraction of sp³-hybridized carbons (Fsp3) is 0.846. The summed E-state index contributed by atoms with van der Waals surface area (Å²) in [6, 6.07) is -0.281. The largest absolute Gasteiger partial charge is 0.324 e. The first kappa shape index (κ1) is 13.7. The highest BCUT2D eigenvalue weighted by atomic mass is 35.5. The smallest absolute Gasteiger partial charge is 0.324 e. The molecule has 0 aromatic heterocycles. The molecule has 1 aliphatic carbocycles. The molecule has 2 fully saturated rings. The monoisotopic (exact) mass is 272 g/mol. The summed E-state index contributed by atoms with van der Waals surface area (Å²) >= 11 is 5.64. The topological polar surface area (TPSA) is 49.4 Å². The van der Waals surface area contributed by atoms with E-state index >= 15 is 0 Å². The van der Waals surface area contributed by atoms with Gasteiger partial charge in [-0.2, -0.15) is 0 Å². The van der Waals surface area contributed by atoms with E-state index in [1.54, 1.807) is 11.8 Å². The van der Waals surface area contributed by atoms with E-state index in [2.05, 4.69) is 5.32 Å². The molecule has 1 heterocycles. The van der Waals surface area contributed by atoms with Crippen molar-refractivity contribution in [2.24, 2.45) is 11.8 Å². The second kappa shape index (κ2) is 5.91. The van der Waals surface area contributed by atoms with E-state index in [4.69, 9.17) is 11.6 Å². The normalized spacial score (nSPS) is 29.3. The number of rotatable bonds is 1. The first-order valence-electron chi connectivity index (χ1n) is 6.81. The van der Waals surface area contributed by atoms with Crippen molar-refractivity contribution in [3.63, 3.8) is 0 Å². The zero-order chi connectivity index (χ0) is 13.1. The molecule has 2 rings (SSSR count). The Morgan fingerprint density at radius 3 is 2.56 bits per heavy atom. The van der Waals surface area contributed by atoms with E-state index in [1.807, 2.05) is 0 Å². The summed E-state index contributed by atoms with van der Waals surface area (Å²) in [6.45, 7) is 3.12. The number of alkyl halides is 1. The molecular formula is C13H21ClN2O2. The number of fused-ring (bicyclic) bond motifs is 1. The van der Waals surface area contributed by atoms with E-state index in [1.165, 1.54) is 25.7 Å². The highest BCUT2D eigenvalue weighted by Gasteiger charge is 2.33. The quantitative estimate of drug-likeness (QED) is 0.745. The molecule has 0 aromatic carbocycles. The van der Waals surface area contributed by atoms with Gasteiger partial charge < -0.3 is 4.90 Å². The summed E-state index contributed by atoms with van der Waals surface area (Å²) in [7, 11) is 0. The van der Waals surface area contributed by atoms with Crippen molar-refractivity contribution in [3.8, 4) is 0 Å². The summed E-state index contributed by atoms with van der Waals surface area (Å²) < 4.78 is 0. The molecule has 3 atom stereocenters. The zero-order valence-electron chi connectivity index (χ0n) is 10.8. The Bertz CT molecular complexity index is 333. The van der Waals surface area contributed by atoms with E-state index in [0.29, 0.717) is 5.92 Å². The second-order valence-corrected chi connectivity index (χ2v) is 6.10. The number of nitrogens with one attached hydrogen (secondary N) is 1. The molecule has 1 aliphatic heterocycles. The van der Waals surface area contributed by atoms with E-state index < -0.39 is 11.3 Å². The summed E-state index contributed by atoms with van der Waals surface area (Å²) in [4.78, 5) is 25.1. The standard InChI is InChI=1S/C13H21ClN2O2/c1-9(14)12(17)15-13(18)16-7-6-10-4-2-3-5-11(10)8-16/h9-11H,2-8H2,1H3,(H,15,17,18). The summed E-state index contributed by atoms with van der Waals surface area (Å²) in [5.41, 5.74) is 0. The van der Waals surface area contributed by atoms with Crippen LogP contribution in [0.15, 0.2) is 0 Å². The molecular weight excluding hydrogens is 252 g/mol. The Morgan fingerprint density at radius 2 is 1.89 bits per heavy atom. The van der Waals surface area contributed by atoms with Crippen LogP contribution < -0.4 is 5.32 Å². The Balaban J connectivity index is 1.86. The molecule has 3 amide bonds. The minimum atomic E-state index is -0.666. The minimum absolute atomic E-state index is 0.281. The van der Waals surface area contributed by atoms with Crippen LogP contribution in [0.5, 0.6) is 0 Å². The average Bonchev–Trinajstić information content (AvgIpc) is 2.37. The maximum atomic E-state index is 11.9. The predicted octanol–water partition coefficient (Wildman–Crippen LogP) is 2.36. The van der Waals surface area contributed by atoms with Gasteiger partial charge >= 0.3 is 6.03 Å². The molecule has 18 heavy (non-hydrogen) atoms. The number of carbonyl (C=O) groups is 2. The maximum Gasteiger partial charge on any atom is 0.324 e. The number of amides is 3. The Morgan fingerprint density at radius 1 is 1.22 bits per heavy atom. The van der Waals surface area contributed by atoms with Gasteiger partial charge in [-0.3, -0.25) is 10.1 Å². The molecule has 0 bridgehead atoms. The number of hydrogen-bond acceptors (Lipinski definition) is 2. The molecule has 2 aliphatic rings. The molecule has 4 nitrogen and oxygen atoms in total. The molecule has 0 spiro atoms. The molecule has 0 radical (unpaired) electrons. The van der Waals surface area contributed by atoms with Crippen molar-refractivity contribution in [2.75, 3.05) is 13.1 Å². The first-order valence-corrected chi connectivity index (χ1v) is 7.25. The van der Waals surface area contributed by atoms with Crippen molar-refractivity contribution in [3.05, 3.63) is 0 Å². The predicted molar refractivity (Wildman–Crippen MR) is 70.5 cm³/mol. The van der Waals surface area contributed by atoms with Gasteiger partial charge in [0, 0.05) is 13.1 Å². The van der Waals surface area contributed by atoms with Crippen molar-refractivity contribution < 1.29 is 9.59 Å². The van der Waals surface area contributed by atoms with Crippen molar-refractivity contribution in [1.29, 1.82) is 0 Å². The van der Waals surface area contributed by atoms with Gasteiger partial charge in [-0.1, -0.05) is 19.3 Å². The lowest BCUT2D eigenvalue weighted by molar-refractivity contribution is -0.119. The SMILES string of the molecule is CC(Cl)C(=O)NC(=O)N1CCC2CCCCC2C1. The van der Waals surface area contributed by atoms with E-state index in [-0.39, 0.29) is 6.03 Å². The van der Waals surface area contributed by atoms with Gasteiger partial charge in [0.05, 0.1) is 0 Å². The van der Waals surface area contributed by atoms with Crippen LogP contribution in [0.1, 0.15) is 39.0 Å². The highest BCUT2D eigenvalue weighted by molar-refractivity contribution is 6.31. The summed E-state index contributed by atoms with van der Waals surface area (Å²) in [5.74, 6) is 1.000. The van der Waals surface area contributed by atoms with Crippen molar-refractivity contribution in [1.82, 2.24) is 10.2 Å². The van der Waals surface area contributed by atoms with Crippen LogP contribution in [0.4, 0.5) is 4.79 Å². The van der Waals surface area contributed by atoms with Crippen LogP contribution in [0, 0.1) is 11.8 Å². The molecule has 5 heteroatoms. The van der Waals surface area contributed by atoms with Gasteiger partial charge in [0.25, 0.3) is 0 Å². The van der Waals surface area contributed by atoms with Gasteiger partial charge in [0.15, 0.2) is 0 Å². The van der Waals surface area contributed by atoms with Crippen LogP contribution >= 0.6 is 11.6 Å². The number of likely N-dealkylation sites (tertiary alicyclic amines) is 1. The number of carbonyl (C=O) groups excluding carboxylic acids is 2. The number of nitrogens with zero attached hydrogens (tertiary/aromatic N) is 1. The van der Waals surface area contributed by atoms with Gasteiger partial charge in [0.2, 0.25) is 5.91 Å². The molecule has 1 saturated carbocycles. The zero-order valence-corrected chi connectivity index (χ0v) is 11.6. The summed E-state index contributed by atoms with van der Waals surface area (Å²) in [6.07, 6.45) is 6.19. The third kappa shape index (κ3) is 3.16. The lowest BCUT2D eigenvalue weighted by Crippen LogP contribution is -2.51. The van der Waals surface area contributed by atoms with E-state index in [9.17, 15) is 9.59 Å². The lowest BCUT2D eigenvalue weighted by atomic mass is 9.75. The van der Waals surface area contributed by atoms with Crippen LogP contribution in [-0.4, -0.2) is 35.3 Å². The molecule has 1 N–H and O–H groups in total. The highest BCUT2D eigenvalue weighted by Crippen LogP contribution is 2.35. The molecule has 0 aromatic rings. The van der Waals surface area contributed by atoms with Gasteiger partial charge in [-0.05, 0) is 31.6 Å². The van der Waals surface area contributed by atoms with Crippen molar-refractivity contribution in [2.45, 2.75) is 44.4 Å². The number of halogens is 1. The number of imide groups is 1. The minimum Gasteiger partial charge on any atom is -0.324 e. The van der Waals surface area contributed by atoms with Crippen LogP contribution in [0.25, 0.3) is 0 Å². The Hall–Kier alpha value is -0.770. The Kier molecular flexibility index (Phi) is 4.49. The number of piperidine rings is 1. The van der Waals surface area contributed by atoms with Crippen LogP contribution in [0.2, 0.25) is 0 Å². The average molecular weight is 273 g/mol. The first-order chi connectivity index (χ1) is 8.58. The van der Waals surface area contributed by atoms with Gasteiger partial charge in [-0.25, -0.2) is 4.79 Å². The van der Waals surface area contributed by atoms with Crippen LogP contribution in [0.3, 0.4) is 0 Å². The van der Waals surface area contributed by atoms with Gasteiger partial charge in [0.1, 0.15) is 5.38 Å². The molecule has 3 unspecified atom stereocenters.